The van der Waals surface area contributed by atoms with Crippen LogP contribution in [-0.2, 0) is 9.59 Å². The van der Waals surface area contributed by atoms with Crippen molar-refractivity contribution in [1.29, 1.82) is 0 Å². The van der Waals surface area contributed by atoms with Gasteiger partial charge in [-0.1, -0.05) is 13.8 Å². The van der Waals surface area contributed by atoms with E-state index in [0.29, 0.717) is 6.42 Å². The number of hydrogen-bond acceptors (Lipinski definition) is 3. The molecule has 0 aliphatic carbocycles. The van der Waals surface area contributed by atoms with E-state index in [4.69, 9.17) is 5.11 Å². The molecular formula is C13H24N2O3. The lowest BCUT2D eigenvalue weighted by Gasteiger charge is -2.24. The maximum Gasteiger partial charge on any atom is 0.303 e. The second-order valence-electron chi connectivity index (χ2n) is 5.86. The highest BCUT2D eigenvalue weighted by Gasteiger charge is 2.28. The molecule has 0 aromatic carbocycles. The molecule has 0 spiro atoms. The zero-order chi connectivity index (χ0) is 13.8. The minimum atomic E-state index is -0.747. The first kappa shape index (κ1) is 15.0. The zero-order valence-corrected chi connectivity index (χ0v) is 11.5. The highest BCUT2D eigenvalue weighted by atomic mass is 16.4. The average Bonchev–Trinajstić information content (AvgIpc) is 2.58. The number of amides is 1. The fraction of sp³-hybridized carbons (Fsp3) is 0.846. The number of aliphatic carboxylic acids is 1. The first-order chi connectivity index (χ1) is 8.32. The number of carboxylic acids is 1. The summed E-state index contributed by atoms with van der Waals surface area (Å²) in [5.41, 5.74) is -0.00105. The minimum Gasteiger partial charge on any atom is -0.481 e. The van der Waals surface area contributed by atoms with Gasteiger partial charge in [0.15, 0.2) is 0 Å². The number of rotatable bonds is 7. The van der Waals surface area contributed by atoms with Crippen LogP contribution in [0.3, 0.4) is 0 Å². The molecule has 1 unspecified atom stereocenters. The molecule has 0 saturated carbocycles. The number of carbonyl (C=O) groups excluding carboxylic acids is 1. The van der Waals surface area contributed by atoms with Crippen LogP contribution < -0.4 is 5.32 Å². The lowest BCUT2D eigenvalue weighted by molar-refractivity contribution is -0.137. The van der Waals surface area contributed by atoms with E-state index in [1.165, 1.54) is 0 Å². The van der Waals surface area contributed by atoms with E-state index >= 15 is 0 Å². The van der Waals surface area contributed by atoms with Gasteiger partial charge in [-0.25, -0.2) is 0 Å². The Hall–Kier alpha value is -1.10. The van der Waals surface area contributed by atoms with Crippen LogP contribution in [0.2, 0.25) is 0 Å². The number of carbonyl (C=O) groups is 2. The van der Waals surface area contributed by atoms with Gasteiger partial charge in [0.2, 0.25) is 5.91 Å². The van der Waals surface area contributed by atoms with Gasteiger partial charge in [0.25, 0.3) is 0 Å². The van der Waals surface area contributed by atoms with Crippen LogP contribution in [0.1, 0.15) is 39.5 Å². The third-order valence-electron chi connectivity index (χ3n) is 3.64. The maximum atomic E-state index is 11.7. The van der Waals surface area contributed by atoms with Gasteiger partial charge in [0, 0.05) is 20.0 Å². The number of likely N-dealkylation sites (tertiary alicyclic amines) is 1. The summed E-state index contributed by atoms with van der Waals surface area (Å²) in [6.45, 7) is 5.72. The van der Waals surface area contributed by atoms with Gasteiger partial charge in [0.05, 0.1) is 6.04 Å². The Labute approximate surface area is 109 Å². The summed E-state index contributed by atoms with van der Waals surface area (Å²) in [5, 5.41) is 11.9. The minimum absolute atomic E-state index is 0.00105. The summed E-state index contributed by atoms with van der Waals surface area (Å²) in [5.74, 6) is -0.582. The van der Waals surface area contributed by atoms with Gasteiger partial charge < -0.3 is 15.3 Å². The Bertz CT molecular complexity index is 315. The molecule has 1 atom stereocenters. The van der Waals surface area contributed by atoms with Gasteiger partial charge in [-0.3, -0.25) is 9.59 Å². The van der Waals surface area contributed by atoms with E-state index in [2.05, 4.69) is 19.2 Å². The number of nitrogens with one attached hydrogen (secondary N) is 1. The van der Waals surface area contributed by atoms with Crippen molar-refractivity contribution in [1.82, 2.24) is 10.2 Å². The van der Waals surface area contributed by atoms with Crippen LogP contribution in [-0.4, -0.2) is 48.1 Å². The molecule has 5 heteroatoms. The van der Waals surface area contributed by atoms with Crippen molar-refractivity contribution in [3.05, 3.63) is 0 Å². The van der Waals surface area contributed by atoms with Crippen LogP contribution in [0.5, 0.6) is 0 Å². The van der Waals surface area contributed by atoms with Crippen molar-refractivity contribution in [3.63, 3.8) is 0 Å². The number of hydrogen-bond donors (Lipinski definition) is 2. The van der Waals surface area contributed by atoms with Gasteiger partial charge in [-0.15, -0.1) is 0 Å². The lowest BCUT2D eigenvalue weighted by Crippen LogP contribution is -2.38. The van der Waals surface area contributed by atoms with Crippen LogP contribution >= 0.6 is 0 Å². The Morgan fingerprint density at radius 3 is 2.67 bits per heavy atom. The molecule has 1 heterocycles. The fourth-order valence-corrected chi connectivity index (χ4v) is 2.17. The molecule has 0 bridgehead atoms. The molecule has 1 aliphatic rings. The Morgan fingerprint density at radius 2 is 2.17 bits per heavy atom. The molecule has 0 radical (unpaired) electrons. The normalized spacial score (nSPS) is 20.5. The summed E-state index contributed by atoms with van der Waals surface area (Å²) < 4.78 is 0. The SMILES string of the molecule is CN1CCC(NCCC(C)(C)CCC(=O)O)C1=O. The van der Waals surface area contributed by atoms with Crippen molar-refractivity contribution in [2.24, 2.45) is 5.41 Å². The predicted octanol–water partition coefficient (Wildman–Crippen LogP) is 1.09. The van der Waals surface area contributed by atoms with Gasteiger partial charge in [-0.05, 0) is 31.2 Å². The second-order valence-corrected chi connectivity index (χ2v) is 5.86. The predicted molar refractivity (Wildman–Crippen MR) is 69.3 cm³/mol. The molecule has 0 aromatic heterocycles. The van der Waals surface area contributed by atoms with Crippen molar-refractivity contribution in [3.8, 4) is 0 Å². The fourth-order valence-electron chi connectivity index (χ4n) is 2.17. The summed E-state index contributed by atoms with van der Waals surface area (Å²) in [6.07, 6.45) is 2.62. The van der Waals surface area contributed by atoms with Gasteiger partial charge in [0.1, 0.15) is 0 Å². The maximum absolute atomic E-state index is 11.7. The van der Waals surface area contributed by atoms with Gasteiger partial charge in [-0.2, -0.15) is 0 Å². The highest BCUT2D eigenvalue weighted by molar-refractivity contribution is 5.83. The summed E-state index contributed by atoms with van der Waals surface area (Å²) >= 11 is 0. The van der Waals surface area contributed by atoms with E-state index in [-0.39, 0.29) is 23.8 Å². The van der Waals surface area contributed by atoms with E-state index < -0.39 is 5.97 Å². The quantitative estimate of drug-likeness (QED) is 0.715. The van der Waals surface area contributed by atoms with E-state index in [1.54, 1.807) is 4.90 Å². The van der Waals surface area contributed by atoms with Crippen LogP contribution in [0, 0.1) is 5.41 Å². The van der Waals surface area contributed by atoms with Crippen molar-refractivity contribution in [2.75, 3.05) is 20.1 Å². The van der Waals surface area contributed by atoms with Crippen LogP contribution in [0.25, 0.3) is 0 Å². The van der Waals surface area contributed by atoms with E-state index in [1.807, 2.05) is 7.05 Å². The largest absolute Gasteiger partial charge is 0.481 e. The zero-order valence-electron chi connectivity index (χ0n) is 11.5. The molecule has 2 N–H and O–H groups in total. The van der Waals surface area contributed by atoms with Crippen molar-refractivity contribution >= 4 is 11.9 Å². The molecule has 0 aromatic rings. The van der Waals surface area contributed by atoms with Crippen LogP contribution in [0.4, 0.5) is 0 Å². The first-order valence-electron chi connectivity index (χ1n) is 6.52. The highest BCUT2D eigenvalue weighted by Crippen LogP contribution is 2.26. The molecule has 5 nitrogen and oxygen atoms in total. The topological polar surface area (TPSA) is 69.6 Å². The number of likely N-dealkylation sites (N-methyl/N-ethyl adjacent to an activating group) is 1. The molecular weight excluding hydrogens is 232 g/mol. The molecule has 18 heavy (non-hydrogen) atoms. The number of nitrogens with zero attached hydrogens (tertiary/aromatic N) is 1. The standard InChI is InChI=1S/C13H24N2O3/c1-13(2,6-4-11(16)17)7-8-14-10-5-9-15(3)12(10)18/h10,14H,4-9H2,1-3H3,(H,16,17). The number of carboxylic acid groups (broad SMARTS) is 1. The lowest BCUT2D eigenvalue weighted by atomic mass is 9.84. The van der Waals surface area contributed by atoms with Crippen LogP contribution in [0.15, 0.2) is 0 Å². The third-order valence-corrected chi connectivity index (χ3v) is 3.64. The Kier molecular flexibility index (Phi) is 5.14. The summed E-state index contributed by atoms with van der Waals surface area (Å²) in [4.78, 5) is 23.9. The van der Waals surface area contributed by atoms with Crippen molar-refractivity contribution in [2.45, 2.75) is 45.6 Å². The summed E-state index contributed by atoms with van der Waals surface area (Å²) in [6, 6.07) is -0.0507. The molecule has 104 valence electrons. The van der Waals surface area contributed by atoms with Gasteiger partial charge >= 0.3 is 5.97 Å². The second kappa shape index (κ2) is 6.18. The molecule has 1 aliphatic heterocycles. The molecule has 1 saturated heterocycles. The Morgan fingerprint density at radius 1 is 1.50 bits per heavy atom. The monoisotopic (exact) mass is 256 g/mol. The van der Waals surface area contributed by atoms with Crippen molar-refractivity contribution < 1.29 is 14.7 Å². The molecule has 1 rings (SSSR count). The van der Waals surface area contributed by atoms with E-state index in [0.717, 1.165) is 25.9 Å². The molecule has 1 fully saturated rings. The Balaban J connectivity index is 2.24. The summed E-state index contributed by atoms with van der Waals surface area (Å²) in [7, 11) is 1.82. The third kappa shape index (κ3) is 4.64. The first-order valence-corrected chi connectivity index (χ1v) is 6.52. The smallest absolute Gasteiger partial charge is 0.303 e. The average molecular weight is 256 g/mol. The molecule has 1 amide bonds. The van der Waals surface area contributed by atoms with E-state index in [9.17, 15) is 9.59 Å².